The molecule has 1 aliphatic rings. The van der Waals surface area contributed by atoms with Gasteiger partial charge in [-0.1, -0.05) is 6.07 Å². The summed E-state index contributed by atoms with van der Waals surface area (Å²) in [5.41, 5.74) is 3.91. The average molecular weight is 410 g/mol. The summed E-state index contributed by atoms with van der Waals surface area (Å²) in [5.74, 6) is 0.416. The Balaban J connectivity index is 0.000000199. The van der Waals surface area contributed by atoms with Gasteiger partial charge < -0.3 is 25.0 Å². The minimum atomic E-state index is 0.416. The molecule has 0 saturated carbocycles. The number of hydrogen-bond acceptors (Lipinski definition) is 8. The van der Waals surface area contributed by atoms with Gasteiger partial charge in [0.1, 0.15) is 5.69 Å². The zero-order valence-electron chi connectivity index (χ0n) is 17.4. The first-order chi connectivity index (χ1) is 14.7. The number of carbonyl (C=O) groups excluding carboxylic acids is 1. The largest absolute Gasteiger partial charge is 0.480 e. The standard InChI is InChI=1S/C14H18N4O.C7H8N2O2/c1-10-3-4-12(18-7-5-15-6-8-18)11-9-16-14(19-2)17-13(10)11;1-11-7-6(9-5-10)3-2-4-8-7/h3-4,9,15H,5-8H2,1-2H3;2-5H,1H3,(H,9,10). The number of amides is 1. The van der Waals surface area contributed by atoms with Crippen LogP contribution in [0, 0.1) is 6.92 Å². The second kappa shape index (κ2) is 10.4. The van der Waals surface area contributed by atoms with Crippen LogP contribution in [-0.4, -0.2) is 61.8 Å². The number of fused-ring (bicyclic) bond motifs is 1. The fraction of sp³-hybridized carbons (Fsp3) is 0.333. The van der Waals surface area contributed by atoms with Crippen molar-refractivity contribution in [2.75, 3.05) is 50.6 Å². The van der Waals surface area contributed by atoms with Crippen LogP contribution in [0.1, 0.15) is 5.56 Å². The van der Waals surface area contributed by atoms with Crippen molar-refractivity contribution in [1.29, 1.82) is 0 Å². The number of pyridine rings is 1. The molecule has 0 atom stereocenters. The average Bonchev–Trinajstić information content (AvgIpc) is 2.81. The number of aromatic nitrogens is 3. The normalized spacial score (nSPS) is 13.2. The number of piperazine rings is 1. The van der Waals surface area contributed by atoms with Crippen LogP contribution >= 0.6 is 0 Å². The van der Waals surface area contributed by atoms with E-state index in [1.54, 1.807) is 25.4 Å². The molecule has 0 unspecified atom stereocenters. The van der Waals surface area contributed by atoms with Gasteiger partial charge in [-0.05, 0) is 30.7 Å². The number of anilines is 2. The summed E-state index contributed by atoms with van der Waals surface area (Å²) in [6, 6.07) is 8.13. The Morgan fingerprint density at radius 1 is 1.13 bits per heavy atom. The zero-order valence-corrected chi connectivity index (χ0v) is 17.4. The van der Waals surface area contributed by atoms with Crippen LogP contribution in [0.5, 0.6) is 11.9 Å². The number of hydrogen-bond donors (Lipinski definition) is 2. The SMILES string of the molecule is COc1ncc2c(N3CCNCC3)ccc(C)c2n1.COc1ncccc1NC=O. The molecule has 0 radical (unpaired) electrons. The van der Waals surface area contributed by atoms with Gasteiger partial charge in [-0.15, -0.1) is 0 Å². The van der Waals surface area contributed by atoms with Crippen LogP contribution in [-0.2, 0) is 4.79 Å². The van der Waals surface area contributed by atoms with E-state index in [-0.39, 0.29) is 0 Å². The Morgan fingerprint density at radius 2 is 1.93 bits per heavy atom. The molecule has 1 fully saturated rings. The Labute approximate surface area is 175 Å². The molecular weight excluding hydrogens is 384 g/mol. The molecule has 9 nitrogen and oxygen atoms in total. The lowest BCUT2D eigenvalue weighted by Gasteiger charge is -2.30. The number of nitrogens with one attached hydrogen (secondary N) is 2. The van der Waals surface area contributed by atoms with Crippen molar-refractivity contribution in [2.45, 2.75) is 6.92 Å². The maximum absolute atomic E-state index is 10.0. The number of carbonyl (C=O) groups is 1. The van der Waals surface area contributed by atoms with E-state index >= 15 is 0 Å². The summed E-state index contributed by atoms with van der Waals surface area (Å²) in [6.07, 6.45) is 4.04. The summed E-state index contributed by atoms with van der Waals surface area (Å²) < 4.78 is 9.98. The molecule has 0 spiro atoms. The molecular formula is C21H26N6O3. The topological polar surface area (TPSA) is 102 Å². The number of aryl methyl sites for hydroxylation is 1. The molecule has 158 valence electrons. The number of ether oxygens (including phenoxy) is 2. The first kappa shape index (κ1) is 21.3. The summed E-state index contributed by atoms with van der Waals surface area (Å²) in [4.78, 5) is 25.0. The van der Waals surface area contributed by atoms with Gasteiger partial charge in [0.2, 0.25) is 12.3 Å². The lowest BCUT2D eigenvalue weighted by Crippen LogP contribution is -2.43. The van der Waals surface area contributed by atoms with E-state index in [1.165, 1.54) is 12.8 Å². The summed E-state index contributed by atoms with van der Waals surface area (Å²) in [5, 5.41) is 6.93. The van der Waals surface area contributed by atoms with Gasteiger partial charge in [-0.3, -0.25) is 4.79 Å². The van der Waals surface area contributed by atoms with Crippen LogP contribution in [0.2, 0.25) is 0 Å². The van der Waals surface area contributed by atoms with E-state index in [1.807, 2.05) is 6.20 Å². The first-order valence-electron chi connectivity index (χ1n) is 9.63. The molecule has 9 heteroatoms. The maximum Gasteiger partial charge on any atom is 0.316 e. The van der Waals surface area contributed by atoms with Gasteiger partial charge in [0.25, 0.3) is 0 Å². The van der Waals surface area contributed by atoms with E-state index in [0.29, 0.717) is 24.0 Å². The molecule has 4 rings (SSSR count). The third-order valence-corrected chi connectivity index (χ3v) is 4.73. The van der Waals surface area contributed by atoms with E-state index < -0.39 is 0 Å². The number of rotatable bonds is 5. The van der Waals surface area contributed by atoms with Gasteiger partial charge >= 0.3 is 6.01 Å². The van der Waals surface area contributed by atoms with Crippen molar-refractivity contribution in [2.24, 2.45) is 0 Å². The summed E-state index contributed by atoms with van der Waals surface area (Å²) >= 11 is 0. The lowest BCUT2D eigenvalue weighted by molar-refractivity contribution is -0.105. The van der Waals surface area contributed by atoms with Crippen LogP contribution in [0.4, 0.5) is 11.4 Å². The van der Waals surface area contributed by atoms with Crippen LogP contribution < -0.4 is 25.0 Å². The van der Waals surface area contributed by atoms with Gasteiger partial charge in [-0.25, -0.2) is 9.97 Å². The molecule has 1 saturated heterocycles. The minimum Gasteiger partial charge on any atom is -0.480 e. The fourth-order valence-electron chi connectivity index (χ4n) is 3.23. The Bertz CT molecular complexity index is 992. The van der Waals surface area contributed by atoms with E-state index in [0.717, 1.165) is 42.6 Å². The summed E-state index contributed by atoms with van der Waals surface area (Å²) in [6.45, 7) is 6.14. The second-order valence-electron chi connectivity index (χ2n) is 6.58. The van der Waals surface area contributed by atoms with Crippen molar-refractivity contribution in [3.8, 4) is 11.9 Å². The van der Waals surface area contributed by atoms with Gasteiger partial charge in [0.05, 0.1) is 19.7 Å². The molecule has 1 amide bonds. The fourth-order valence-corrected chi connectivity index (χ4v) is 3.23. The maximum atomic E-state index is 10.0. The van der Waals surface area contributed by atoms with E-state index in [4.69, 9.17) is 9.47 Å². The van der Waals surface area contributed by atoms with Crippen molar-refractivity contribution in [1.82, 2.24) is 20.3 Å². The molecule has 3 aromatic rings. The monoisotopic (exact) mass is 410 g/mol. The van der Waals surface area contributed by atoms with Crippen LogP contribution in [0.25, 0.3) is 10.9 Å². The number of methoxy groups -OCH3 is 2. The predicted molar refractivity (Wildman–Crippen MR) is 116 cm³/mol. The molecule has 0 bridgehead atoms. The molecule has 2 N–H and O–H groups in total. The van der Waals surface area contributed by atoms with Crippen LogP contribution in [0.15, 0.2) is 36.7 Å². The van der Waals surface area contributed by atoms with E-state index in [2.05, 4.69) is 49.5 Å². The van der Waals surface area contributed by atoms with Crippen molar-refractivity contribution >= 4 is 28.7 Å². The third-order valence-electron chi connectivity index (χ3n) is 4.73. The Kier molecular flexibility index (Phi) is 7.34. The molecule has 30 heavy (non-hydrogen) atoms. The molecule has 1 aromatic carbocycles. The van der Waals surface area contributed by atoms with Gasteiger partial charge in [-0.2, -0.15) is 4.98 Å². The predicted octanol–water partition coefficient (Wildman–Crippen LogP) is 2.01. The first-order valence-corrected chi connectivity index (χ1v) is 9.63. The highest BCUT2D eigenvalue weighted by Gasteiger charge is 2.15. The molecule has 1 aliphatic heterocycles. The minimum absolute atomic E-state index is 0.416. The summed E-state index contributed by atoms with van der Waals surface area (Å²) in [7, 11) is 3.09. The number of nitrogens with zero attached hydrogens (tertiary/aromatic N) is 4. The van der Waals surface area contributed by atoms with Gasteiger partial charge in [0, 0.05) is 49.6 Å². The van der Waals surface area contributed by atoms with E-state index in [9.17, 15) is 4.79 Å². The Hall–Kier alpha value is -3.46. The van der Waals surface area contributed by atoms with Crippen molar-refractivity contribution < 1.29 is 14.3 Å². The van der Waals surface area contributed by atoms with Crippen molar-refractivity contribution in [3.05, 3.63) is 42.2 Å². The highest BCUT2D eigenvalue weighted by Crippen LogP contribution is 2.28. The van der Waals surface area contributed by atoms with Crippen LogP contribution in [0.3, 0.4) is 0 Å². The number of benzene rings is 1. The Morgan fingerprint density at radius 3 is 2.63 bits per heavy atom. The lowest BCUT2D eigenvalue weighted by atomic mass is 10.1. The molecule has 0 aliphatic carbocycles. The van der Waals surface area contributed by atoms with Crippen molar-refractivity contribution in [3.63, 3.8) is 0 Å². The zero-order chi connectivity index (χ0) is 21.3. The molecule has 3 heterocycles. The molecule has 2 aromatic heterocycles. The highest BCUT2D eigenvalue weighted by molar-refractivity contribution is 5.93. The third kappa shape index (κ3) is 4.93. The second-order valence-corrected chi connectivity index (χ2v) is 6.58. The quantitative estimate of drug-likeness (QED) is 0.616. The van der Waals surface area contributed by atoms with Gasteiger partial charge in [0.15, 0.2) is 0 Å². The highest BCUT2D eigenvalue weighted by atomic mass is 16.5. The smallest absolute Gasteiger partial charge is 0.316 e.